The third-order valence-corrected chi connectivity index (χ3v) is 5.41. The van der Waals surface area contributed by atoms with Gasteiger partial charge in [-0.3, -0.25) is 4.79 Å². The Bertz CT molecular complexity index is 629. The summed E-state index contributed by atoms with van der Waals surface area (Å²) in [5, 5.41) is 29.5. The van der Waals surface area contributed by atoms with Crippen molar-refractivity contribution < 1.29 is 29.6 Å². The minimum atomic E-state index is -1.35. The summed E-state index contributed by atoms with van der Waals surface area (Å²) < 4.78 is 11.5. The van der Waals surface area contributed by atoms with Gasteiger partial charge in [0.1, 0.15) is 11.5 Å². The first-order valence-corrected chi connectivity index (χ1v) is 7.57. The van der Waals surface area contributed by atoms with Crippen LogP contribution in [-0.4, -0.2) is 34.5 Å². The number of aromatic hydroxyl groups is 2. The minimum Gasteiger partial charge on any atom is -0.508 e. The van der Waals surface area contributed by atoms with Crippen LogP contribution in [0.25, 0.3) is 0 Å². The molecule has 3 fully saturated rings. The molecule has 22 heavy (non-hydrogen) atoms. The summed E-state index contributed by atoms with van der Waals surface area (Å²) in [6.07, 6.45) is 1.54. The van der Waals surface area contributed by atoms with Gasteiger partial charge in [-0.1, -0.05) is 0 Å². The van der Waals surface area contributed by atoms with Crippen molar-refractivity contribution in [1.82, 2.24) is 0 Å². The summed E-state index contributed by atoms with van der Waals surface area (Å²) in [5.41, 5.74) is 0.289. The van der Waals surface area contributed by atoms with Gasteiger partial charge in [0, 0.05) is 18.4 Å². The average molecular weight is 306 g/mol. The average Bonchev–Trinajstić information content (AvgIpc) is 3.07. The van der Waals surface area contributed by atoms with Crippen LogP contribution in [0.5, 0.6) is 11.5 Å². The first kappa shape index (κ1) is 13.8. The highest BCUT2D eigenvalue weighted by Gasteiger charge is 2.67. The molecule has 0 radical (unpaired) electrons. The molecule has 6 heteroatoms. The van der Waals surface area contributed by atoms with Crippen molar-refractivity contribution in [3.05, 3.63) is 23.8 Å². The summed E-state index contributed by atoms with van der Waals surface area (Å²) in [6.45, 7) is 0.261. The number of hydrogen-bond donors (Lipinski definition) is 3. The van der Waals surface area contributed by atoms with Crippen molar-refractivity contribution in [1.29, 1.82) is 0 Å². The summed E-state index contributed by atoms with van der Waals surface area (Å²) in [7, 11) is 0. The lowest BCUT2D eigenvalue weighted by atomic mass is 9.73. The van der Waals surface area contributed by atoms with Gasteiger partial charge in [0.15, 0.2) is 0 Å². The van der Waals surface area contributed by atoms with E-state index < -0.39 is 5.79 Å². The van der Waals surface area contributed by atoms with E-state index in [4.69, 9.17) is 9.47 Å². The standard InChI is InChI=1S/C16H18O6/c17-6-8-7-21-16(12-5-9(18)1-4-13(12)19)14-10(8)2-3-11(14)15(20)22-16/h1,4-5,8,10-11,14,17-19H,2-3,6-7H2/t8-,10+,11?,14-,16+/m1/s1. The number of phenols is 2. The van der Waals surface area contributed by atoms with Crippen molar-refractivity contribution in [2.24, 2.45) is 23.7 Å². The molecule has 1 aromatic carbocycles. The number of phenolic OH excluding ortho intramolecular Hbond substituents is 2. The van der Waals surface area contributed by atoms with Crippen LogP contribution in [-0.2, 0) is 20.1 Å². The summed E-state index contributed by atoms with van der Waals surface area (Å²) in [5.74, 6) is -2.21. The number of hydrogen-bond acceptors (Lipinski definition) is 6. The maximum absolute atomic E-state index is 12.3. The molecular weight excluding hydrogens is 288 g/mol. The second kappa shape index (κ2) is 4.60. The smallest absolute Gasteiger partial charge is 0.312 e. The monoisotopic (exact) mass is 306 g/mol. The fourth-order valence-electron chi connectivity index (χ4n) is 4.45. The van der Waals surface area contributed by atoms with Crippen LogP contribution in [0.4, 0.5) is 0 Å². The highest BCUT2D eigenvalue weighted by Crippen LogP contribution is 2.61. The van der Waals surface area contributed by atoms with E-state index in [1.54, 1.807) is 0 Å². The van der Waals surface area contributed by atoms with Gasteiger partial charge in [0.05, 0.1) is 18.1 Å². The zero-order chi connectivity index (χ0) is 15.5. The molecule has 6 nitrogen and oxygen atoms in total. The van der Waals surface area contributed by atoms with Crippen LogP contribution >= 0.6 is 0 Å². The number of benzene rings is 1. The van der Waals surface area contributed by atoms with E-state index in [2.05, 4.69) is 0 Å². The Morgan fingerprint density at radius 2 is 2.09 bits per heavy atom. The molecular formula is C16H18O6. The van der Waals surface area contributed by atoms with Gasteiger partial charge in [-0.15, -0.1) is 0 Å². The Labute approximate surface area is 127 Å². The number of aliphatic hydroxyl groups excluding tert-OH is 1. The lowest BCUT2D eigenvalue weighted by molar-refractivity contribution is -0.278. The second-order valence-corrected chi connectivity index (χ2v) is 6.42. The fourth-order valence-corrected chi connectivity index (χ4v) is 4.45. The van der Waals surface area contributed by atoms with Crippen LogP contribution < -0.4 is 0 Å². The molecule has 3 aliphatic rings. The quantitative estimate of drug-likeness (QED) is 0.559. The molecule has 4 rings (SSSR count). The number of carbonyl (C=O) groups excluding carboxylic acids is 1. The zero-order valence-corrected chi connectivity index (χ0v) is 11.9. The van der Waals surface area contributed by atoms with Crippen molar-refractivity contribution in [3.8, 4) is 11.5 Å². The van der Waals surface area contributed by atoms with Crippen molar-refractivity contribution in [3.63, 3.8) is 0 Å². The first-order valence-electron chi connectivity index (χ1n) is 7.57. The molecule has 3 N–H and O–H groups in total. The van der Waals surface area contributed by atoms with E-state index in [1.165, 1.54) is 18.2 Å². The highest BCUT2D eigenvalue weighted by atomic mass is 16.7. The predicted molar refractivity (Wildman–Crippen MR) is 73.8 cm³/mol. The maximum Gasteiger partial charge on any atom is 0.312 e. The molecule has 118 valence electrons. The van der Waals surface area contributed by atoms with Crippen LogP contribution in [0.3, 0.4) is 0 Å². The van der Waals surface area contributed by atoms with Crippen molar-refractivity contribution >= 4 is 5.97 Å². The van der Waals surface area contributed by atoms with Gasteiger partial charge in [0.2, 0.25) is 5.79 Å². The molecule has 5 atom stereocenters. The first-order chi connectivity index (χ1) is 10.6. The fraction of sp³-hybridized carbons (Fsp3) is 0.562. The Morgan fingerprint density at radius 3 is 2.86 bits per heavy atom. The number of rotatable bonds is 2. The molecule has 2 saturated heterocycles. The third-order valence-electron chi connectivity index (χ3n) is 5.41. The normalized spacial score (nSPS) is 39.6. The number of esters is 1. The van der Waals surface area contributed by atoms with Crippen LogP contribution in [0.2, 0.25) is 0 Å². The third kappa shape index (κ3) is 1.65. The zero-order valence-electron chi connectivity index (χ0n) is 11.9. The lowest BCUT2D eigenvalue weighted by Crippen LogP contribution is -2.48. The van der Waals surface area contributed by atoms with Crippen LogP contribution in [0.15, 0.2) is 18.2 Å². The molecule has 0 spiro atoms. The number of ether oxygens (including phenoxy) is 2. The minimum absolute atomic E-state index is 0.00415. The van der Waals surface area contributed by atoms with E-state index >= 15 is 0 Å². The molecule has 1 unspecified atom stereocenters. The van der Waals surface area contributed by atoms with E-state index in [1.807, 2.05) is 0 Å². The van der Waals surface area contributed by atoms with Gasteiger partial charge < -0.3 is 24.8 Å². The van der Waals surface area contributed by atoms with Crippen molar-refractivity contribution in [2.45, 2.75) is 18.6 Å². The molecule has 1 aliphatic carbocycles. The summed E-state index contributed by atoms with van der Waals surface area (Å²) >= 11 is 0. The Balaban J connectivity index is 1.86. The molecule has 1 saturated carbocycles. The van der Waals surface area contributed by atoms with Crippen LogP contribution in [0, 0.1) is 23.7 Å². The van der Waals surface area contributed by atoms with Crippen LogP contribution in [0.1, 0.15) is 18.4 Å². The van der Waals surface area contributed by atoms with E-state index in [9.17, 15) is 20.1 Å². The van der Waals surface area contributed by atoms with Gasteiger partial charge >= 0.3 is 5.97 Å². The van der Waals surface area contributed by atoms with E-state index in [0.29, 0.717) is 6.42 Å². The largest absolute Gasteiger partial charge is 0.508 e. The van der Waals surface area contributed by atoms with Gasteiger partial charge in [-0.05, 0) is 37.0 Å². The molecule has 0 aromatic heterocycles. The topological polar surface area (TPSA) is 96.2 Å². The number of aliphatic hydroxyl groups is 1. The van der Waals surface area contributed by atoms with E-state index in [0.717, 1.165) is 6.42 Å². The Kier molecular flexibility index (Phi) is 2.90. The molecule has 2 aliphatic heterocycles. The lowest BCUT2D eigenvalue weighted by Gasteiger charge is -2.44. The number of carbonyl (C=O) groups is 1. The summed E-state index contributed by atoms with van der Waals surface area (Å²) in [6, 6.07) is 4.13. The summed E-state index contributed by atoms with van der Waals surface area (Å²) in [4.78, 5) is 12.3. The van der Waals surface area contributed by atoms with Gasteiger partial charge in [-0.25, -0.2) is 0 Å². The SMILES string of the molecule is O=C1O[C@]2(c3cc(O)ccc3O)OC[C@@H](CO)[C@@H]3CCC1[C@@H]32. The molecule has 0 amide bonds. The Morgan fingerprint density at radius 1 is 1.27 bits per heavy atom. The van der Waals surface area contributed by atoms with Crippen molar-refractivity contribution in [2.75, 3.05) is 13.2 Å². The maximum atomic E-state index is 12.3. The predicted octanol–water partition coefficient (Wildman–Crippen LogP) is 1.09. The van der Waals surface area contributed by atoms with Gasteiger partial charge in [-0.2, -0.15) is 0 Å². The highest BCUT2D eigenvalue weighted by molar-refractivity contribution is 5.77. The van der Waals surface area contributed by atoms with Gasteiger partial charge in [0.25, 0.3) is 0 Å². The van der Waals surface area contributed by atoms with E-state index in [-0.39, 0.29) is 59.9 Å². The second-order valence-electron chi connectivity index (χ2n) is 6.42. The Hall–Kier alpha value is -1.79. The molecule has 0 bridgehead atoms. The molecule has 2 heterocycles. The molecule has 1 aromatic rings.